The van der Waals surface area contributed by atoms with Gasteiger partial charge < -0.3 is 24.3 Å². The molecule has 0 spiro atoms. The lowest BCUT2D eigenvalue weighted by molar-refractivity contribution is -0.118. The molecular formula is C27H26N4O4. The Morgan fingerprint density at radius 3 is 2.60 bits per heavy atom. The number of para-hydroxylation sites is 1. The summed E-state index contributed by atoms with van der Waals surface area (Å²) in [6, 6.07) is 20.7. The molecule has 5 rings (SSSR count). The smallest absolute Gasteiger partial charge is 0.289 e. The van der Waals surface area contributed by atoms with Crippen molar-refractivity contribution in [3.05, 3.63) is 84.3 Å². The topological polar surface area (TPSA) is 87.9 Å². The van der Waals surface area contributed by atoms with Crippen molar-refractivity contribution < 1.29 is 18.7 Å². The van der Waals surface area contributed by atoms with Crippen LogP contribution in [0, 0.1) is 6.92 Å². The third-order valence-electron chi connectivity index (χ3n) is 5.95. The monoisotopic (exact) mass is 470 g/mol. The van der Waals surface area contributed by atoms with Gasteiger partial charge in [0.15, 0.2) is 12.4 Å². The molecular weight excluding hydrogens is 444 g/mol. The molecule has 1 saturated heterocycles. The van der Waals surface area contributed by atoms with E-state index < -0.39 is 0 Å². The van der Waals surface area contributed by atoms with Crippen LogP contribution in [0.5, 0.6) is 5.75 Å². The molecule has 1 fully saturated rings. The highest BCUT2D eigenvalue weighted by Gasteiger charge is 2.24. The molecule has 3 heterocycles. The predicted octanol–water partition coefficient (Wildman–Crippen LogP) is 4.12. The number of anilines is 2. The van der Waals surface area contributed by atoms with Gasteiger partial charge in [-0.05, 0) is 55.0 Å². The molecule has 8 nitrogen and oxygen atoms in total. The minimum absolute atomic E-state index is 0.0965. The fourth-order valence-electron chi connectivity index (χ4n) is 4.16. The van der Waals surface area contributed by atoms with Gasteiger partial charge in [-0.2, -0.15) is 0 Å². The number of furan rings is 1. The summed E-state index contributed by atoms with van der Waals surface area (Å²) in [7, 11) is 0. The van der Waals surface area contributed by atoms with Crippen molar-refractivity contribution >= 4 is 34.2 Å². The zero-order valence-corrected chi connectivity index (χ0v) is 19.4. The van der Waals surface area contributed by atoms with E-state index in [4.69, 9.17) is 14.1 Å². The number of hydrogen-bond donors (Lipinski definition) is 1. The lowest BCUT2D eigenvalue weighted by Crippen LogP contribution is -2.49. The van der Waals surface area contributed by atoms with Crippen LogP contribution < -0.4 is 15.0 Å². The van der Waals surface area contributed by atoms with E-state index in [0.29, 0.717) is 43.2 Å². The summed E-state index contributed by atoms with van der Waals surface area (Å²) in [6.45, 7) is 4.34. The number of fused-ring (bicyclic) bond motifs is 1. The molecule has 0 atom stereocenters. The van der Waals surface area contributed by atoms with E-state index in [9.17, 15) is 9.59 Å². The number of hydrogen-bond acceptors (Lipinski definition) is 6. The van der Waals surface area contributed by atoms with E-state index in [-0.39, 0.29) is 18.4 Å². The summed E-state index contributed by atoms with van der Waals surface area (Å²) in [4.78, 5) is 33.7. The van der Waals surface area contributed by atoms with Crippen LogP contribution in [-0.2, 0) is 4.79 Å². The van der Waals surface area contributed by atoms with Crippen molar-refractivity contribution in [3.8, 4) is 5.75 Å². The van der Waals surface area contributed by atoms with Gasteiger partial charge in [0.05, 0.1) is 6.26 Å². The van der Waals surface area contributed by atoms with Gasteiger partial charge >= 0.3 is 0 Å². The van der Waals surface area contributed by atoms with E-state index in [1.807, 2.05) is 61.5 Å². The fraction of sp³-hybridized carbons (Fsp3) is 0.222. The van der Waals surface area contributed by atoms with E-state index in [2.05, 4.69) is 10.2 Å². The summed E-state index contributed by atoms with van der Waals surface area (Å²) in [5, 5.41) is 3.78. The van der Waals surface area contributed by atoms with Crippen molar-refractivity contribution in [1.29, 1.82) is 0 Å². The van der Waals surface area contributed by atoms with Gasteiger partial charge in [0.1, 0.15) is 17.1 Å². The Bertz CT molecular complexity index is 1340. The number of ether oxygens (including phenoxy) is 1. The Balaban J connectivity index is 1.25. The van der Waals surface area contributed by atoms with Gasteiger partial charge in [-0.25, -0.2) is 4.98 Å². The maximum absolute atomic E-state index is 12.5. The van der Waals surface area contributed by atoms with Crippen molar-refractivity contribution in [2.24, 2.45) is 0 Å². The number of aromatic nitrogens is 1. The van der Waals surface area contributed by atoms with Crippen LogP contribution >= 0.6 is 0 Å². The molecule has 2 aromatic heterocycles. The number of nitrogens with zero attached hydrogens (tertiary/aromatic N) is 3. The van der Waals surface area contributed by atoms with Crippen molar-refractivity contribution in [2.45, 2.75) is 6.92 Å². The van der Waals surface area contributed by atoms with E-state index in [0.717, 1.165) is 22.5 Å². The van der Waals surface area contributed by atoms with Gasteiger partial charge in [0, 0.05) is 37.3 Å². The molecule has 1 aliphatic rings. The van der Waals surface area contributed by atoms with Crippen LogP contribution in [0.15, 0.2) is 77.4 Å². The highest BCUT2D eigenvalue weighted by atomic mass is 16.5. The fourth-order valence-corrected chi connectivity index (χ4v) is 4.16. The Labute approximate surface area is 203 Å². The second kappa shape index (κ2) is 9.89. The van der Waals surface area contributed by atoms with Crippen molar-refractivity contribution in [3.63, 3.8) is 0 Å². The number of nitrogens with one attached hydrogen (secondary N) is 1. The van der Waals surface area contributed by atoms with Crippen LogP contribution in [0.1, 0.15) is 16.1 Å². The zero-order valence-electron chi connectivity index (χ0n) is 19.4. The second-order valence-corrected chi connectivity index (χ2v) is 8.46. The molecule has 1 N–H and O–H groups in total. The summed E-state index contributed by atoms with van der Waals surface area (Å²) in [6.07, 6.45) is 1.51. The van der Waals surface area contributed by atoms with Crippen LogP contribution in [0.3, 0.4) is 0 Å². The normalized spacial score (nSPS) is 13.6. The highest BCUT2D eigenvalue weighted by Crippen LogP contribution is 2.27. The average Bonchev–Trinajstić information content (AvgIpc) is 3.42. The Kier molecular flexibility index (Phi) is 6.34. The van der Waals surface area contributed by atoms with Gasteiger partial charge in [0.25, 0.3) is 11.8 Å². The Morgan fingerprint density at radius 1 is 1.00 bits per heavy atom. The first-order valence-electron chi connectivity index (χ1n) is 11.5. The number of benzene rings is 2. The number of carbonyl (C=O) groups excluding carboxylic acids is 2. The number of rotatable bonds is 6. The maximum Gasteiger partial charge on any atom is 0.289 e. The molecule has 35 heavy (non-hydrogen) atoms. The van der Waals surface area contributed by atoms with Crippen LogP contribution in [0.4, 0.5) is 11.5 Å². The number of piperazine rings is 1. The van der Waals surface area contributed by atoms with Crippen molar-refractivity contribution in [1.82, 2.24) is 9.88 Å². The molecule has 0 bridgehead atoms. The predicted molar refractivity (Wildman–Crippen MR) is 134 cm³/mol. The average molecular weight is 471 g/mol. The van der Waals surface area contributed by atoms with Gasteiger partial charge in [-0.15, -0.1) is 0 Å². The number of carbonyl (C=O) groups is 2. The third-order valence-corrected chi connectivity index (χ3v) is 5.95. The number of pyridine rings is 1. The zero-order chi connectivity index (χ0) is 24.2. The number of amides is 2. The highest BCUT2D eigenvalue weighted by molar-refractivity contribution is 5.93. The largest absolute Gasteiger partial charge is 0.481 e. The van der Waals surface area contributed by atoms with Crippen molar-refractivity contribution in [2.75, 3.05) is 43.0 Å². The van der Waals surface area contributed by atoms with Gasteiger partial charge in [0.2, 0.25) is 0 Å². The first-order chi connectivity index (χ1) is 17.1. The molecule has 0 saturated carbocycles. The second-order valence-electron chi connectivity index (χ2n) is 8.46. The standard InChI is InChI=1S/C27H26N4O4/c1-19-5-2-7-21(17-19)28-25(32)18-35-22-8-3-6-20-10-11-24(29-26(20)22)30-12-14-31(15-13-30)27(33)23-9-4-16-34-23/h2-11,16-17H,12-15,18H2,1H3,(H,28,32). The lowest BCUT2D eigenvalue weighted by atomic mass is 10.2. The molecule has 2 amide bonds. The van der Waals surface area contributed by atoms with Gasteiger partial charge in [-0.3, -0.25) is 9.59 Å². The molecule has 1 aliphatic heterocycles. The van der Waals surface area contributed by atoms with Crippen LogP contribution in [0.2, 0.25) is 0 Å². The molecule has 0 unspecified atom stereocenters. The minimum Gasteiger partial charge on any atom is -0.481 e. The van der Waals surface area contributed by atoms with Crippen LogP contribution in [0.25, 0.3) is 10.9 Å². The van der Waals surface area contributed by atoms with E-state index in [1.165, 1.54) is 6.26 Å². The van der Waals surface area contributed by atoms with Crippen LogP contribution in [-0.4, -0.2) is 54.5 Å². The Hall–Kier alpha value is -4.33. The first kappa shape index (κ1) is 22.5. The SMILES string of the molecule is Cc1cccc(NC(=O)COc2cccc3ccc(N4CCN(C(=O)c5ccco5)CC4)nc23)c1. The maximum atomic E-state index is 12.5. The number of aryl methyl sites for hydroxylation is 1. The molecule has 2 aromatic carbocycles. The van der Waals surface area contributed by atoms with Gasteiger partial charge in [-0.1, -0.05) is 24.3 Å². The summed E-state index contributed by atoms with van der Waals surface area (Å²) in [5.41, 5.74) is 2.50. The molecule has 0 aliphatic carbocycles. The summed E-state index contributed by atoms with van der Waals surface area (Å²) in [5.74, 6) is 1.38. The van der Waals surface area contributed by atoms with E-state index >= 15 is 0 Å². The molecule has 178 valence electrons. The van der Waals surface area contributed by atoms with E-state index in [1.54, 1.807) is 17.0 Å². The molecule has 4 aromatic rings. The Morgan fingerprint density at radius 2 is 1.83 bits per heavy atom. The minimum atomic E-state index is -0.235. The summed E-state index contributed by atoms with van der Waals surface area (Å²) < 4.78 is 11.1. The third kappa shape index (κ3) is 5.11. The lowest BCUT2D eigenvalue weighted by Gasteiger charge is -2.35. The summed E-state index contributed by atoms with van der Waals surface area (Å²) >= 11 is 0. The molecule has 8 heteroatoms. The first-order valence-corrected chi connectivity index (χ1v) is 11.5. The quantitative estimate of drug-likeness (QED) is 0.456. The molecule has 0 radical (unpaired) electrons.